The highest BCUT2D eigenvalue weighted by molar-refractivity contribution is 6.35. The SMILES string of the molecule is NC(=O)COC(=O)C=COc1ccc(Cl)cc1Cl. The van der Waals surface area contributed by atoms with Gasteiger partial charge in [-0.1, -0.05) is 23.2 Å². The molecule has 0 unspecified atom stereocenters. The summed E-state index contributed by atoms with van der Waals surface area (Å²) in [5.74, 6) is -1.16. The molecule has 0 aliphatic heterocycles. The van der Waals surface area contributed by atoms with Crippen molar-refractivity contribution in [2.24, 2.45) is 5.73 Å². The van der Waals surface area contributed by atoms with Gasteiger partial charge < -0.3 is 15.2 Å². The van der Waals surface area contributed by atoms with Crippen molar-refractivity contribution in [1.82, 2.24) is 0 Å². The van der Waals surface area contributed by atoms with Crippen molar-refractivity contribution in [2.45, 2.75) is 0 Å². The number of ether oxygens (including phenoxy) is 2. The first-order valence-corrected chi connectivity index (χ1v) is 5.48. The molecule has 0 bridgehead atoms. The summed E-state index contributed by atoms with van der Waals surface area (Å²) in [5.41, 5.74) is 4.79. The van der Waals surface area contributed by atoms with Crippen LogP contribution in [-0.4, -0.2) is 18.5 Å². The average Bonchev–Trinajstić information content (AvgIpc) is 2.29. The Kier molecular flexibility index (Phi) is 5.48. The van der Waals surface area contributed by atoms with Crippen molar-refractivity contribution < 1.29 is 19.1 Å². The van der Waals surface area contributed by atoms with E-state index in [-0.39, 0.29) is 0 Å². The molecule has 0 spiro atoms. The van der Waals surface area contributed by atoms with E-state index in [9.17, 15) is 9.59 Å². The number of amides is 1. The molecule has 0 saturated heterocycles. The van der Waals surface area contributed by atoms with Crippen LogP contribution in [0.3, 0.4) is 0 Å². The van der Waals surface area contributed by atoms with Gasteiger partial charge in [0.25, 0.3) is 5.91 Å². The van der Waals surface area contributed by atoms with E-state index in [0.717, 1.165) is 12.3 Å². The Hall–Kier alpha value is -1.72. The van der Waals surface area contributed by atoms with Gasteiger partial charge in [-0.2, -0.15) is 0 Å². The number of rotatable bonds is 5. The van der Waals surface area contributed by atoms with Gasteiger partial charge >= 0.3 is 5.97 Å². The molecular weight excluding hydrogens is 281 g/mol. The van der Waals surface area contributed by atoms with Gasteiger partial charge in [0.05, 0.1) is 17.4 Å². The van der Waals surface area contributed by atoms with Crippen LogP contribution in [0.5, 0.6) is 5.75 Å². The lowest BCUT2D eigenvalue weighted by Crippen LogP contribution is -2.20. The second-order valence-electron chi connectivity index (χ2n) is 3.07. The minimum atomic E-state index is -0.751. The minimum Gasteiger partial charge on any atom is -0.463 e. The first-order chi connectivity index (χ1) is 8.49. The smallest absolute Gasteiger partial charge is 0.334 e. The van der Waals surface area contributed by atoms with Crippen molar-refractivity contribution >= 4 is 35.1 Å². The summed E-state index contributed by atoms with van der Waals surface area (Å²) < 4.78 is 9.54. The van der Waals surface area contributed by atoms with E-state index in [1.54, 1.807) is 12.1 Å². The Labute approximate surface area is 113 Å². The van der Waals surface area contributed by atoms with Crippen LogP contribution in [0.2, 0.25) is 10.0 Å². The maximum atomic E-state index is 11.0. The van der Waals surface area contributed by atoms with Crippen molar-refractivity contribution in [3.05, 3.63) is 40.6 Å². The zero-order valence-corrected chi connectivity index (χ0v) is 10.6. The fraction of sp³-hybridized carbons (Fsp3) is 0.0909. The minimum absolute atomic E-state index is 0.303. The van der Waals surface area contributed by atoms with E-state index in [1.807, 2.05) is 0 Å². The predicted molar refractivity (Wildman–Crippen MR) is 66.4 cm³/mol. The summed E-state index contributed by atoms with van der Waals surface area (Å²) in [6.45, 7) is -0.481. The Morgan fingerprint density at radius 2 is 2.06 bits per heavy atom. The third-order valence-electron chi connectivity index (χ3n) is 1.65. The van der Waals surface area contributed by atoms with Crippen LogP contribution >= 0.6 is 23.2 Å². The topological polar surface area (TPSA) is 78.6 Å². The summed E-state index contributed by atoms with van der Waals surface area (Å²) in [7, 11) is 0. The van der Waals surface area contributed by atoms with Crippen LogP contribution in [0.25, 0.3) is 0 Å². The molecule has 0 aliphatic carbocycles. The van der Waals surface area contributed by atoms with Crippen molar-refractivity contribution in [3.8, 4) is 5.75 Å². The van der Waals surface area contributed by atoms with E-state index in [0.29, 0.717) is 15.8 Å². The lowest BCUT2D eigenvalue weighted by Gasteiger charge is -2.02. The number of hydrogen-bond acceptors (Lipinski definition) is 4. The lowest BCUT2D eigenvalue weighted by atomic mass is 10.3. The molecule has 0 radical (unpaired) electrons. The molecule has 1 aromatic carbocycles. The van der Waals surface area contributed by atoms with Gasteiger partial charge in [-0.25, -0.2) is 4.79 Å². The number of hydrogen-bond donors (Lipinski definition) is 1. The Bertz CT molecular complexity index is 488. The molecule has 0 saturated carbocycles. The number of esters is 1. The normalized spacial score (nSPS) is 10.3. The van der Waals surface area contributed by atoms with Crippen LogP contribution in [0.15, 0.2) is 30.5 Å². The average molecular weight is 290 g/mol. The second-order valence-corrected chi connectivity index (χ2v) is 3.91. The molecule has 1 aromatic rings. The molecule has 1 amide bonds. The fourth-order valence-electron chi connectivity index (χ4n) is 0.924. The van der Waals surface area contributed by atoms with Gasteiger partial charge in [0.15, 0.2) is 6.61 Å². The second kappa shape index (κ2) is 6.88. The Morgan fingerprint density at radius 3 is 2.67 bits per heavy atom. The summed E-state index contributed by atoms with van der Waals surface area (Å²) in [6, 6.07) is 4.63. The van der Waals surface area contributed by atoms with E-state index >= 15 is 0 Å². The predicted octanol–water partition coefficient (Wildman–Crippen LogP) is 1.91. The standard InChI is InChI=1S/C11H9Cl2NO4/c12-7-1-2-9(8(13)5-7)17-4-3-11(16)18-6-10(14)15/h1-5H,6H2,(H2,14,15). The van der Waals surface area contributed by atoms with Gasteiger partial charge in [-0.05, 0) is 18.2 Å². The number of carbonyl (C=O) groups is 2. The van der Waals surface area contributed by atoms with Crippen molar-refractivity contribution in [2.75, 3.05) is 6.61 Å². The third kappa shape index (κ3) is 5.07. The third-order valence-corrected chi connectivity index (χ3v) is 2.18. The fourth-order valence-corrected chi connectivity index (χ4v) is 1.38. The van der Waals surface area contributed by atoms with Gasteiger partial charge in [0, 0.05) is 5.02 Å². The first kappa shape index (κ1) is 14.3. The highest BCUT2D eigenvalue weighted by atomic mass is 35.5. The van der Waals surface area contributed by atoms with Crippen LogP contribution in [0, 0.1) is 0 Å². The molecule has 0 aliphatic rings. The molecule has 96 valence electrons. The highest BCUT2D eigenvalue weighted by Crippen LogP contribution is 2.27. The van der Waals surface area contributed by atoms with E-state index in [4.69, 9.17) is 33.7 Å². The van der Waals surface area contributed by atoms with E-state index in [1.165, 1.54) is 6.07 Å². The number of nitrogens with two attached hydrogens (primary N) is 1. The number of carbonyl (C=O) groups excluding carboxylic acids is 2. The lowest BCUT2D eigenvalue weighted by molar-refractivity contribution is -0.142. The van der Waals surface area contributed by atoms with Gasteiger partial charge in [-0.15, -0.1) is 0 Å². The molecule has 5 nitrogen and oxygen atoms in total. The van der Waals surface area contributed by atoms with Gasteiger partial charge in [0.1, 0.15) is 5.75 Å². The summed E-state index contributed by atoms with van der Waals surface area (Å²) in [4.78, 5) is 21.4. The zero-order chi connectivity index (χ0) is 13.5. The highest BCUT2D eigenvalue weighted by Gasteiger charge is 2.02. The Morgan fingerprint density at radius 1 is 1.33 bits per heavy atom. The van der Waals surface area contributed by atoms with Crippen molar-refractivity contribution in [3.63, 3.8) is 0 Å². The summed E-state index contributed by atoms with van der Waals surface area (Å²) in [6.07, 6.45) is 2.08. The number of primary amides is 1. The maximum absolute atomic E-state index is 11.0. The van der Waals surface area contributed by atoms with Crippen molar-refractivity contribution in [1.29, 1.82) is 0 Å². The molecule has 2 N–H and O–H groups in total. The van der Waals surface area contributed by atoms with Crippen LogP contribution in [0.4, 0.5) is 0 Å². The maximum Gasteiger partial charge on any atom is 0.334 e. The van der Waals surface area contributed by atoms with E-state index in [2.05, 4.69) is 4.74 Å². The van der Waals surface area contributed by atoms with Crippen LogP contribution in [0.1, 0.15) is 0 Å². The Balaban J connectivity index is 2.49. The number of benzene rings is 1. The summed E-state index contributed by atoms with van der Waals surface area (Å²) >= 11 is 11.5. The summed E-state index contributed by atoms with van der Waals surface area (Å²) in [5, 5.41) is 0.773. The molecule has 0 aromatic heterocycles. The van der Waals surface area contributed by atoms with Gasteiger partial charge in [0.2, 0.25) is 0 Å². The first-order valence-electron chi connectivity index (χ1n) is 4.72. The zero-order valence-electron chi connectivity index (χ0n) is 9.06. The molecule has 0 fully saturated rings. The van der Waals surface area contributed by atoms with Crippen LogP contribution in [-0.2, 0) is 14.3 Å². The largest absolute Gasteiger partial charge is 0.463 e. The molecule has 7 heteroatoms. The monoisotopic (exact) mass is 289 g/mol. The molecule has 18 heavy (non-hydrogen) atoms. The van der Waals surface area contributed by atoms with Gasteiger partial charge in [-0.3, -0.25) is 4.79 Å². The van der Waals surface area contributed by atoms with E-state index < -0.39 is 18.5 Å². The molecule has 0 heterocycles. The molecule has 0 atom stereocenters. The van der Waals surface area contributed by atoms with Crippen LogP contribution < -0.4 is 10.5 Å². The molecular formula is C11H9Cl2NO4. The quantitative estimate of drug-likeness (QED) is 0.510. The number of halogens is 2. The molecule has 1 rings (SSSR count).